The molecule has 0 spiro atoms. The molecule has 18 heavy (non-hydrogen) atoms. The highest BCUT2D eigenvalue weighted by Crippen LogP contribution is 2.13. The van der Waals surface area contributed by atoms with Gasteiger partial charge in [0.05, 0.1) is 0 Å². The molecule has 6 nitrogen and oxygen atoms in total. The predicted octanol–water partition coefficient (Wildman–Crippen LogP) is 1.52. The van der Waals surface area contributed by atoms with Gasteiger partial charge >= 0.3 is 0 Å². The number of hydrogen-bond donors (Lipinski definition) is 2. The van der Waals surface area contributed by atoms with Gasteiger partial charge in [0.25, 0.3) is 5.91 Å². The third-order valence-corrected chi connectivity index (χ3v) is 3.17. The third kappa shape index (κ3) is 5.42. The van der Waals surface area contributed by atoms with Crippen LogP contribution in [-0.2, 0) is 4.74 Å². The summed E-state index contributed by atoms with van der Waals surface area (Å²) < 4.78 is 5.40. The summed E-state index contributed by atoms with van der Waals surface area (Å²) in [5.41, 5.74) is 0. The largest absolute Gasteiger partial charge is 0.381 e. The molecule has 0 aliphatic heterocycles. The van der Waals surface area contributed by atoms with Gasteiger partial charge in [0.15, 0.2) is 0 Å². The number of amides is 1. The van der Waals surface area contributed by atoms with E-state index in [2.05, 4.69) is 27.8 Å². The average Bonchev–Trinajstić information content (AvgIpc) is 2.86. The lowest BCUT2D eigenvalue weighted by Gasteiger charge is -2.04. The first-order valence-corrected chi connectivity index (χ1v) is 6.96. The van der Waals surface area contributed by atoms with Crippen molar-refractivity contribution in [3.8, 4) is 0 Å². The highest BCUT2D eigenvalue weighted by Gasteiger charge is 2.10. The summed E-state index contributed by atoms with van der Waals surface area (Å²) >= 11 is 1.24. The molecule has 0 fully saturated rings. The Morgan fingerprint density at radius 2 is 2.11 bits per heavy atom. The number of ether oxygens (including phenoxy) is 1. The van der Waals surface area contributed by atoms with E-state index in [0.29, 0.717) is 23.3 Å². The Morgan fingerprint density at radius 3 is 2.78 bits per heavy atom. The Labute approximate surface area is 111 Å². The number of rotatable bonds is 9. The van der Waals surface area contributed by atoms with Crippen LogP contribution >= 0.6 is 11.3 Å². The number of nitrogens with zero attached hydrogens (tertiary/aromatic N) is 2. The van der Waals surface area contributed by atoms with Gasteiger partial charge in [0, 0.05) is 26.8 Å². The lowest BCUT2D eigenvalue weighted by molar-refractivity contribution is 0.0939. The van der Waals surface area contributed by atoms with Crippen LogP contribution in [0.15, 0.2) is 0 Å². The zero-order valence-corrected chi connectivity index (χ0v) is 11.7. The molecule has 0 atom stereocenters. The minimum absolute atomic E-state index is 0.178. The van der Waals surface area contributed by atoms with Gasteiger partial charge in [-0.15, -0.1) is 10.2 Å². The standard InChI is InChI=1S/C11H20N4O2S/c1-3-4-7-17-8-5-6-13-9(16)10-14-15-11(12-2)18-10/h3-8H2,1-2H3,(H,12,15)(H,13,16). The first kappa shape index (κ1) is 14.8. The van der Waals surface area contributed by atoms with E-state index >= 15 is 0 Å². The molecule has 0 aromatic carbocycles. The Hall–Kier alpha value is -1.21. The minimum Gasteiger partial charge on any atom is -0.381 e. The summed E-state index contributed by atoms with van der Waals surface area (Å²) in [5, 5.41) is 14.2. The van der Waals surface area contributed by atoms with Crippen LogP contribution in [0.1, 0.15) is 36.0 Å². The number of carbonyl (C=O) groups excluding carboxylic acids is 1. The highest BCUT2D eigenvalue weighted by molar-refractivity contribution is 7.17. The van der Waals surface area contributed by atoms with Crippen molar-refractivity contribution in [2.75, 3.05) is 32.1 Å². The Kier molecular flexibility index (Phi) is 7.28. The molecule has 0 radical (unpaired) electrons. The molecule has 2 N–H and O–H groups in total. The van der Waals surface area contributed by atoms with E-state index in [4.69, 9.17) is 4.74 Å². The smallest absolute Gasteiger partial charge is 0.282 e. The van der Waals surface area contributed by atoms with Gasteiger partial charge in [-0.2, -0.15) is 0 Å². The molecule has 1 rings (SSSR count). The van der Waals surface area contributed by atoms with Gasteiger partial charge in [0.2, 0.25) is 10.1 Å². The van der Waals surface area contributed by atoms with Crippen LogP contribution in [0.5, 0.6) is 0 Å². The first-order chi connectivity index (χ1) is 8.77. The summed E-state index contributed by atoms with van der Waals surface area (Å²) in [7, 11) is 1.75. The van der Waals surface area contributed by atoms with Crippen molar-refractivity contribution in [3.63, 3.8) is 0 Å². The molecule has 1 aromatic rings. The SMILES string of the molecule is CCCCOCCCNC(=O)c1nnc(NC)s1. The minimum atomic E-state index is -0.178. The monoisotopic (exact) mass is 272 g/mol. The Bertz CT molecular complexity index is 357. The van der Waals surface area contributed by atoms with E-state index < -0.39 is 0 Å². The van der Waals surface area contributed by atoms with Crippen LogP contribution < -0.4 is 10.6 Å². The molecule has 1 aromatic heterocycles. The van der Waals surface area contributed by atoms with E-state index in [1.54, 1.807) is 7.05 Å². The van der Waals surface area contributed by atoms with Gasteiger partial charge in [-0.1, -0.05) is 24.7 Å². The van der Waals surface area contributed by atoms with E-state index in [0.717, 1.165) is 25.9 Å². The third-order valence-electron chi connectivity index (χ3n) is 2.23. The molecule has 0 bridgehead atoms. The molecule has 102 valence electrons. The van der Waals surface area contributed by atoms with Crippen LogP contribution in [0.2, 0.25) is 0 Å². The summed E-state index contributed by atoms with van der Waals surface area (Å²) in [6.07, 6.45) is 3.04. The molecule has 7 heteroatoms. The van der Waals surface area contributed by atoms with Crippen molar-refractivity contribution < 1.29 is 9.53 Å². The zero-order chi connectivity index (χ0) is 13.2. The van der Waals surface area contributed by atoms with E-state index in [9.17, 15) is 4.79 Å². The molecule has 0 saturated heterocycles. The van der Waals surface area contributed by atoms with Crippen molar-refractivity contribution in [1.29, 1.82) is 0 Å². The fourth-order valence-corrected chi connectivity index (χ4v) is 1.83. The number of nitrogens with one attached hydrogen (secondary N) is 2. The number of anilines is 1. The van der Waals surface area contributed by atoms with Gasteiger partial charge in [-0.05, 0) is 12.8 Å². The highest BCUT2D eigenvalue weighted by atomic mass is 32.1. The fourth-order valence-electron chi connectivity index (χ4n) is 1.22. The second kappa shape index (κ2) is 8.82. The topological polar surface area (TPSA) is 76.1 Å². The van der Waals surface area contributed by atoms with Crippen molar-refractivity contribution >= 4 is 22.4 Å². The number of hydrogen-bond acceptors (Lipinski definition) is 6. The van der Waals surface area contributed by atoms with Gasteiger partial charge in [-0.25, -0.2) is 0 Å². The van der Waals surface area contributed by atoms with E-state index in [-0.39, 0.29) is 5.91 Å². The quantitative estimate of drug-likeness (QED) is 0.666. The molecular formula is C11H20N4O2S. The number of aromatic nitrogens is 2. The summed E-state index contributed by atoms with van der Waals surface area (Å²) in [6.45, 7) is 4.20. The van der Waals surface area contributed by atoms with Crippen LogP contribution in [0, 0.1) is 0 Å². The van der Waals surface area contributed by atoms with Crippen molar-refractivity contribution in [2.45, 2.75) is 26.2 Å². The second-order valence-corrected chi connectivity index (χ2v) is 4.72. The van der Waals surface area contributed by atoms with E-state index in [1.165, 1.54) is 11.3 Å². The summed E-state index contributed by atoms with van der Waals surface area (Å²) in [4.78, 5) is 11.6. The van der Waals surface area contributed by atoms with Gasteiger partial charge < -0.3 is 15.4 Å². The first-order valence-electron chi connectivity index (χ1n) is 6.15. The normalized spacial score (nSPS) is 10.3. The van der Waals surface area contributed by atoms with Gasteiger partial charge in [0.1, 0.15) is 0 Å². The van der Waals surface area contributed by atoms with Crippen LogP contribution in [0.3, 0.4) is 0 Å². The van der Waals surface area contributed by atoms with Crippen molar-refractivity contribution in [2.24, 2.45) is 0 Å². The molecule has 0 aliphatic carbocycles. The van der Waals surface area contributed by atoms with Crippen LogP contribution in [-0.4, -0.2) is 42.9 Å². The maximum atomic E-state index is 11.6. The molecule has 0 saturated carbocycles. The lowest BCUT2D eigenvalue weighted by Crippen LogP contribution is -2.25. The fraction of sp³-hybridized carbons (Fsp3) is 0.727. The van der Waals surface area contributed by atoms with Gasteiger partial charge in [-0.3, -0.25) is 4.79 Å². The maximum Gasteiger partial charge on any atom is 0.282 e. The van der Waals surface area contributed by atoms with Crippen molar-refractivity contribution in [3.05, 3.63) is 5.01 Å². The molecule has 1 heterocycles. The molecule has 0 aliphatic rings. The average molecular weight is 272 g/mol. The predicted molar refractivity (Wildman–Crippen MR) is 72.1 cm³/mol. The Morgan fingerprint density at radius 1 is 1.33 bits per heavy atom. The van der Waals surface area contributed by atoms with Crippen LogP contribution in [0.4, 0.5) is 5.13 Å². The van der Waals surface area contributed by atoms with E-state index in [1.807, 2.05) is 0 Å². The van der Waals surface area contributed by atoms with Crippen LogP contribution in [0.25, 0.3) is 0 Å². The number of carbonyl (C=O) groups is 1. The number of unbranched alkanes of at least 4 members (excludes halogenated alkanes) is 1. The zero-order valence-electron chi connectivity index (χ0n) is 10.9. The molecule has 1 amide bonds. The summed E-state index contributed by atoms with van der Waals surface area (Å²) in [6, 6.07) is 0. The second-order valence-electron chi connectivity index (χ2n) is 3.74. The maximum absolute atomic E-state index is 11.6. The molecular weight excluding hydrogens is 252 g/mol. The van der Waals surface area contributed by atoms with Crippen molar-refractivity contribution in [1.82, 2.24) is 15.5 Å². The Balaban J connectivity index is 2.10. The molecule has 0 unspecified atom stereocenters. The summed E-state index contributed by atoms with van der Waals surface area (Å²) in [5.74, 6) is -0.178. The lowest BCUT2D eigenvalue weighted by atomic mass is 10.3.